The van der Waals surface area contributed by atoms with Gasteiger partial charge < -0.3 is 15.0 Å². The van der Waals surface area contributed by atoms with E-state index in [0.29, 0.717) is 5.56 Å². The highest BCUT2D eigenvalue weighted by Gasteiger charge is 2.25. The van der Waals surface area contributed by atoms with E-state index in [0.717, 1.165) is 74.2 Å². The van der Waals surface area contributed by atoms with E-state index in [1.165, 1.54) is 0 Å². The summed E-state index contributed by atoms with van der Waals surface area (Å²) in [7, 11) is 0. The number of hydrogen-bond acceptors (Lipinski definition) is 5. The number of morpholine rings is 1. The van der Waals surface area contributed by atoms with Crippen LogP contribution in [0.1, 0.15) is 35.1 Å². The Morgan fingerprint density at radius 3 is 2.72 bits per heavy atom. The molecule has 0 bridgehead atoms. The maximum Gasteiger partial charge on any atom is 0.251 e. The smallest absolute Gasteiger partial charge is 0.251 e. The molecule has 0 aromatic carbocycles. The van der Waals surface area contributed by atoms with Crippen LogP contribution in [0.3, 0.4) is 0 Å². The maximum atomic E-state index is 12.1. The Morgan fingerprint density at radius 2 is 2.12 bits per heavy atom. The Labute approximate surface area is 152 Å². The van der Waals surface area contributed by atoms with Crippen LogP contribution in [0.25, 0.3) is 10.6 Å². The number of nitrogens with zero attached hydrogens (tertiary/aromatic N) is 3. The van der Waals surface area contributed by atoms with Crippen molar-refractivity contribution in [2.45, 2.75) is 33.2 Å². The predicted octanol–water partition coefficient (Wildman–Crippen LogP) is 2.30. The fraction of sp³-hybridized carbons (Fsp3) is 0.556. The van der Waals surface area contributed by atoms with Crippen molar-refractivity contribution < 1.29 is 9.53 Å². The summed E-state index contributed by atoms with van der Waals surface area (Å²) in [4.78, 5) is 19.0. The van der Waals surface area contributed by atoms with Crippen LogP contribution >= 0.6 is 11.3 Å². The summed E-state index contributed by atoms with van der Waals surface area (Å²) in [6.45, 7) is 9.69. The summed E-state index contributed by atoms with van der Waals surface area (Å²) in [5, 5.41) is 2.81. The molecule has 3 heterocycles. The lowest BCUT2D eigenvalue weighted by molar-refractivity contribution is 0.0369. The zero-order valence-corrected chi connectivity index (χ0v) is 15.8. The van der Waals surface area contributed by atoms with Gasteiger partial charge >= 0.3 is 0 Å². The third-order valence-electron chi connectivity index (χ3n) is 4.82. The first-order chi connectivity index (χ1) is 12.1. The monoisotopic (exact) mass is 362 g/mol. The number of amides is 1. The molecule has 1 aliphatic heterocycles. The van der Waals surface area contributed by atoms with Gasteiger partial charge in [0.05, 0.1) is 18.8 Å². The molecule has 25 heavy (non-hydrogen) atoms. The van der Waals surface area contributed by atoms with Gasteiger partial charge in [0.1, 0.15) is 5.01 Å². The van der Waals surface area contributed by atoms with E-state index in [1.54, 1.807) is 17.5 Å². The van der Waals surface area contributed by atoms with E-state index in [-0.39, 0.29) is 5.91 Å². The molecule has 136 valence electrons. The standard InChI is InChI=1S/C18H26N4O2S/c1-3-14-16(18-20-5-12-25-18)15(17(19)23)13(2)22(14)7-4-6-21-8-10-24-11-9-21/h5,12H,3-4,6-11H2,1-2H3,(H2,19,23). The summed E-state index contributed by atoms with van der Waals surface area (Å²) in [5.41, 5.74) is 9.37. The van der Waals surface area contributed by atoms with E-state index in [1.807, 2.05) is 12.3 Å². The Bertz CT molecular complexity index is 718. The summed E-state index contributed by atoms with van der Waals surface area (Å²) >= 11 is 1.55. The fourth-order valence-corrected chi connectivity index (χ4v) is 4.33. The predicted molar refractivity (Wildman–Crippen MR) is 100 cm³/mol. The van der Waals surface area contributed by atoms with Gasteiger partial charge in [-0.05, 0) is 19.8 Å². The normalized spacial score (nSPS) is 15.6. The Morgan fingerprint density at radius 1 is 1.36 bits per heavy atom. The topological polar surface area (TPSA) is 73.4 Å². The van der Waals surface area contributed by atoms with Crippen molar-refractivity contribution in [3.05, 3.63) is 28.5 Å². The minimum atomic E-state index is -0.371. The van der Waals surface area contributed by atoms with Gasteiger partial charge in [-0.25, -0.2) is 4.98 Å². The SMILES string of the molecule is CCc1c(-c2nccs2)c(C(N)=O)c(C)n1CCCN1CCOCC1. The number of thiazole rings is 1. The van der Waals surface area contributed by atoms with E-state index in [2.05, 4.69) is 21.4 Å². The number of rotatable bonds is 7. The minimum absolute atomic E-state index is 0.371. The molecule has 1 fully saturated rings. The first-order valence-corrected chi connectivity index (χ1v) is 9.73. The number of hydrogen-bond donors (Lipinski definition) is 1. The number of primary amides is 1. The van der Waals surface area contributed by atoms with E-state index >= 15 is 0 Å². The molecule has 7 heteroatoms. The molecule has 0 aliphatic carbocycles. The lowest BCUT2D eigenvalue weighted by Crippen LogP contribution is -2.37. The largest absolute Gasteiger partial charge is 0.379 e. The van der Waals surface area contributed by atoms with Crippen LogP contribution in [0.5, 0.6) is 0 Å². The molecule has 1 amide bonds. The molecular weight excluding hydrogens is 336 g/mol. The zero-order chi connectivity index (χ0) is 17.8. The molecule has 1 aliphatic rings. The molecule has 2 aromatic rings. The Hall–Kier alpha value is -1.70. The van der Waals surface area contributed by atoms with Crippen molar-refractivity contribution in [2.75, 3.05) is 32.8 Å². The van der Waals surface area contributed by atoms with E-state index in [9.17, 15) is 4.79 Å². The van der Waals surface area contributed by atoms with Gasteiger partial charge in [0.25, 0.3) is 5.91 Å². The third kappa shape index (κ3) is 3.78. The maximum absolute atomic E-state index is 12.1. The van der Waals surface area contributed by atoms with Crippen molar-refractivity contribution in [2.24, 2.45) is 5.73 Å². The second kappa shape index (κ2) is 8.12. The van der Waals surface area contributed by atoms with Crippen molar-refractivity contribution in [1.82, 2.24) is 14.5 Å². The van der Waals surface area contributed by atoms with Crippen molar-refractivity contribution >= 4 is 17.2 Å². The number of carbonyl (C=O) groups excluding carboxylic acids is 1. The van der Waals surface area contributed by atoms with Gasteiger partial charge in [-0.1, -0.05) is 6.92 Å². The molecule has 6 nitrogen and oxygen atoms in total. The second-order valence-electron chi connectivity index (χ2n) is 6.30. The van der Waals surface area contributed by atoms with Gasteiger partial charge in [0.2, 0.25) is 0 Å². The summed E-state index contributed by atoms with van der Waals surface area (Å²) in [6.07, 6.45) is 3.66. The highest BCUT2D eigenvalue weighted by atomic mass is 32.1. The highest BCUT2D eigenvalue weighted by molar-refractivity contribution is 7.13. The molecule has 0 spiro atoms. The first kappa shape index (κ1) is 18.1. The second-order valence-corrected chi connectivity index (χ2v) is 7.19. The highest BCUT2D eigenvalue weighted by Crippen LogP contribution is 2.34. The van der Waals surface area contributed by atoms with Crippen molar-refractivity contribution in [1.29, 1.82) is 0 Å². The molecule has 2 aromatic heterocycles. The lowest BCUT2D eigenvalue weighted by atomic mass is 10.1. The van der Waals surface area contributed by atoms with Crippen molar-refractivity contribution in [3.63, 3.8) is 0 Å². The third-order valence-corrected chi connectivity index (χ3v) is 5.61. The summed E-state index contributed by atoms with van der Waals surface area (Å²) < 4.78 is 7.66. The van der Waals surface area contributed by atoms with Gasteiger partial charge in [-0.3, -0.25) is 9.69 Å². The lowest BCUT2D eigenvalue weighted by Gasteiger charge is -2.26. The Balaban J connectivity index is 1.85. The molecule has 0 radical (unpaired) electrons. The van der Waals surface area contributed by atoms with Gasteiger partial charge in [-0.15, -0.1) is 11.3 Å². The summed E-state index contributed by atoms with van der Waals surface area (Å²) in [5.74, 6) is -0.371. The molecule has 0 unspecified atom stereocenters. The van der Waals surface area contributed by atoms with Crippen LogP contribution in [-0.2, 0) is 17.7 Å². The van der Waals surface area contributed by atoms with Crippen LogP contribution in [0.15, 0.2) is 11.6 Å². The average molecular weight is 362 g/mol. The van der Waals surface area contributed by atoms with Crippen LogP contribution < -0.4 is 5.73 Å². The number of carbonyl (C=O) groups is 1. The van der Waals surface area contributed by atoms with E-state index in [4.69, 9.17) is 10.5 Å². The molecule has 3 rings (SSSR count). The molecule has 0 saturated carbocycles. The van der Waals surface area contributed by atoms with Crippen LogP contribution in [0, 0.1) is 6.92 Å². The van der Waals surface area contributed by atoms with Crippen LogP contribution in [0.4, 0.5) is 0 Å². The Kier molecular flexibility index (Phi) is 5.88. The van der Waals surface area contributed by atoms with Crippen molar-refractivity contribution in [3.8, 4) is 10.6 Å². The quantitative estimate of drug-likeness (QED) is 0.820. The molecule has 0 atom stereocenters. The number of ether oxygens (including phenoxy) is 1. The number of aromatic nitrogens is 2. The average Bonchev–Trinajstić information content (AvgIpc) is 3.22. The van der Waals surface area contributed by atoms with E-state index < -0.39 is 0 Å². The fourth-order valence-electron chi connectivity index (χ4n) is 3.62. The van der Waals surface area contributed by atoms with Gasteiger partial charge in [0.15, 0.2) is 0 Å². The zero-order valence-electron chi connectivity index (χ0n) is 15.0. The summed E-state index contributed by atoms with van der Waals surface area (Å²) in [6, 6.07) is 0. The van der Waals surface area contributed by atoms with Crippen LogP contribution in [-0.4, -0.2) is 53.2 Å². The van der Waals surface area contributed by atoms with Gasteiger partial charge in [-0.2, -0.15) is 0 Å². The first-order valence-electron chi connectivity index (χ1n) is 8.85. The van der Waals surface area contributed by atoms with Crippen LogP contribution in [0.2, 0.25) is 0 Å². The molecule has 1 saturated heterocycles. The molecule has 2 N–H and O–H groups in total. The minimum Gasteiger partial charge on any atom is -0.379 e. The van der Waals surface area contributed by atoms with Gasteiger partial charge in [0, 0.05) is 54.7 Å². The molecular formula is C18H26N4O2S. The number of nitrogens with two attached hydrogens (primary N) is 1.